The first-order valence-corrected chi connectivity index (χ1v) is 9.15. The van der Waals surface area contributed by atoms with E-state index in [0.717, 1.165) is 19.3 Å². The molecule has 1 saturated heterocycles. The Morgan fingerprint density at radius 3 is 2.45 bits per heavy atom. The minimum Gasteiger partial charge on any atom is -0.338 e. The molecule has 0 aromatic rings. The SMILES string of the molecule is CCC1CCC(C#N)(NC(=O)C2CCS(=O)(=O)C2)CC1. The lowest BCUT2D eigenvalue weighted by atomic mass is 9.76. The Bertz CT molecular complexity index is 513. The minimum absolute atomic E-state index is 0.0715. The second kappa shape index (κ2) is 5.72. The molecule has 2 rings (SSSR count). The van der Waals surface area contributed by atoms with E-state index in [1.54, 1.807) is 0 Å². The normalized spacial score (nSPS) is 36.2. The van der Waals surface area contributed by atoms with Crippen LogP contribution in [0.4, 0.5) is 0 Å². The van der Waals surface area contributed by atoms with E-state index in [2.05, 4.69) is 18.3 Å². The first-order valence-electron chi connectivity index (χ1n) is 7.33. The molecule has 1 saturated carbocycles. The molecule has 1 amide bonds. The van der Waals surface area contributed by atoms with Crippen LogP contribution in [-0.4, -0.2) is 31.4 Å². The third-order valence-corrected chi connectivity index (χ3v) is 6.48. The van der Waals surface area contributed by atoms with Crippen LogP contribution in [0.25, 0.3) is 0 Å². The van der Waals surface area contributed by atoms with Crippen LogP contribution in [0, 0.1) is 23.2 Å². The number of nitriles is 1. The van der Waals surface area contributed by atoms with Gasteiger partial charge in [-0.1, -0.05) is 13.3 Å². The summed E-state index contributed by atoms with van der Waals surface area (Å²) in [6.45, 7) is 2.14. The smallest absolute Gasteiger partial charge is 0.225 e. The van der Waals surface area contributed by atoms with E-state index in [1.165, 1.54) is 0 Å². The Morgan fingerprint density at radius 1 is 1.35 bits per heavy atom. The standard InChI is InChI=1S/C14H22N2O3S/c1-2-11-3-6-14(10-15,7-4-11)16-13(17)12-5-8-20(18,19)9-12/h11-12H,2-9H2,1H3,(H,16,17). The highest BCUT2D eigenvalue weighted by Crippen LogP contribution is 2.34. The molecule has 20 heavy (non-hydrogen) atoms. The number of amides is 1. The second-order valence-electron chi connectivity index (χ2n) is 6.13. The Labute approximate surface area is 120 Å². The fourth-order valence-corrected chi connectivity index (χ4v) is 4.92. The molecule has 6 heteroatoms. The van der Waals surface area contributed by atoms with E-state index in [9.17, 15) is 18.5 Å². The van der Waals surface area contributed by atoms with Crippen LogP contribution in [0.5, 0.6) is 0 Å². The summed E-state index contributed by atoms with van der Waals surface area (Å²) in [4.78, 5) is 12.2. The summed E-state index contributed by atoms with van der Waals surface area (Å²) in [5, 5.41) is 12.3. The first kappa shape index (κ1) is 15.3. The third-order valence-electron chi connectivity index (χ3n) is 4.72. The van der Waals surface area contributed by atoms with Crippen molar-refractivity contribution in [3.63, 3.8) is 0 Å². The van der Waals surface area contributed by atoms with Gasteiger partial charge in [0.2, 0.25) is 5.91 Å². The summed E-state index contributed by atoms with van der Waals surface area (Å²) in [7, 11) is -3.06. The van der Waals surface area contributed by atoms with Gasteiger partial charge in [0.05, 0.1) is 23.5 Å². The van der Waals surface area contributed by atoms with Gasteiger partial charge in [-0.2, -0.15) is 5.26 Å². The molecule has 0 radical (unpaired) electrons. The molecule has 1 aliphatic carbocycles. The molecule has 1 unspecified atom stereocenters. The van der Waals surface area contributed by atoms with Gasteiger partial charge < -0.3 is 5.32 Å². The van der Waals surface area contributed by atoms with E-state index >= 15 is 0 Å². The minimum atomic E-state index is -3.06. The van der Waals surface area contributed by atoms with Crippen molar-refractivity contribution in [3.8, 4) is 6.07 Å². The van der Waals surface area contributed by atoms with E-state index in [4.69, 9.17) is 0 Å². The molecule has 2 aliphatic rings. The maximum Gasteiger partial charge on any atom is 0.225 e. The third kappa shape index (κ3) is 3.32. The molecular weight excluding hydrogens is 276 g/mol. The first-order chi connectivity index (χ1) is 9.40. The van der Waals surface area contributed by atoms with Crippen molar-refractivity contribution in [2.45, 2.75) is 51.0 Å². The van der Waals surface area contributed by atoms with Gasteiger partial charge in [-0.15, -0.1) is 0 Å². The molecule has 1 aliphatic heterocycles. The molecule has 112 valence electrons. The highest BCUT2D eigenvalue weighted by molar-refractivity contribution is 7.91. The zero-order valence-corrected chi connectivity index (χ0v) is 12.7. The van der Waals surface area contributed by atoms with Gasteiger partial charge >= 0.3 is 0 Å². The highest BCUT2D eigenvalue weighted by atomic mass is 32.2. The molecule has 1 heterocycles. The molecular formula is C14H22N2O3S. The lowest BCUT2D eigenvalue weighted by molar-refractivity contribution is -0.126. The molecule has 0 aromatic carbocycles. The zero-order chi connectivity index (χ0) is 14.8. The van der Waals surface area contributed by atoms with Crippen LogP contribution in [0.15, 0.2) is 0 Å². The second-order valence-corrected chi connectivity index (χ2v) is 8.36. The zero-order valence-electron chi connectivity index (χ0n) is 11.9. The molecule has 0 aromatic heterocycles. The largest absolute Gasteiger partial charge is 0.338 e. The van der Waals surface area contributed by atoms with Gasteiger partial charge in [0, 0.05) is 0 Å². The summed E-state index contributed by atoms with van der Waals surface area (Å²) in [6, 6.07) is 2.26. The number of sulfone groups is 1. The summed E-state index contributed by atoms with van der Waals surface area (Å²) in [5.41, 5.74) is -0.783. The fraction of sp³-hybridized carbons (Fsp3) is 0.857. The molecule has 5 nitrogen and oxygen atoms in total. The van der Waals surface area contributed by atoms with E-state index in [-0.39, 0.29) is 17.4 Å². The summed E-state index contributed by atoms with van der Waals surface area (Å²) in [5.74, 6) is -0.0857. The average molecular weight is 298 g/mol. The quantitative estimate of drug-likeness (QED) is 0.853. The maximum absolute atomic E-state index is 12.2. The van der Waals surface area contributed by atoms with Crippen molar-refractivity contribution in [1.29, 1.82) is 5.26 Å². The number of nitrogens with zero attached hydrogens (tertiary/aromatic N) is 1. The molecule has 2 fully saturated rings. The monoisotopic (exact) mass is 298 g/mol. The summed E-state index contributed by atoms with van der Waals surface area (Å²) in [6.07, 6.45) is 4.74. The predicted octanol–water partition coefficient (Wildman–Crippen LogP) is 1.40. The predicted molar refractivity (Wildman–Crippen MR) is 75.5 cm³/mol. The lowest BCUT2D eigenvalue weighted by Crippen LogP contribution is -2.51. The van der Waals surface area contributed by atoms with Crippen LogP contribution in [0.3, 0.4) is 0 Å². The van der Waals surface area contributed by atoms with Gasteiger partial charge in [0.15, 0.2) is 9.84 Å². The molecule has 1 N–H and O–H groups in total. The van der Waals surface area contributed by atoms with Crippen LogP contribution in [0.2, 0.25) is 0 Å². The van der Waals surface area contributed by atoms with E-state index in [1.807, 2.05) is 0 Å². The number of carbonyl (C=O) groups is 1. The average Bonchev–Trinajstić information content (AvgIpc) is 2.80. The van der Waals surface area contributed by atoms with Gasteiger partial charge in [0.1, 0.15) is 5.54 Å². The van der Waals surface area contributed by atoms with Crippen LogP contribution < -0.4 is 5.32 Å². The molecule has 0 bridgehead atoms. The fourth-order valence-electron chi connectivity index (χ4n) is 3.18. The Kier molecular flexibility index (Phi) is 4.38. The molecule has 0 spiro atoms. The van der Waals surface area contributed by atoms with E-state index in [0.29, 0.717) is 25.2 Å². The number of hydrogen-bond donors (Lipinski definition) is 1. The van der Waals surface area contributed by atoms with Gasteiger partial charge in [0.25, 0.3) is 0 Å². The van der Waals surface area contributed by atoms with Crippen LogP contribution in [0.1, 0.15) is 45.4 Å². The number of carbonyl (C=O) groups excluding carboxylic acids is 1. The van der Waals surface area contributed by atoms with Crippen LogP contribution >= 0.6 is 0 Å². The van der Waals surface area contributed by atoms with Crippen molar-refractivity contribution in [2.75, 3.05) is 11.5 Å². The topological polar surface area (TPSA) is 87.0 Å². The van der Waals surface area contributed by atoms with Crippen molar-refractivity contribution >= 4 is 15.7 Å². The lowest BCUT2D eigenvalue weighted by Gasteiger charge is -2.35. The van der Waals surface area contributed by atoms with Crippen molar-refractivity contribution in [3.05, 3.63) is 0 Å². The van der Waals surface area contributed by atoms with Gasteiger partial charge in [-0.25, -0.2) is 8.42 Å². The number of hydrogen-bond acceptors (Lipinski definition) is 4. The van der Waals surface area contributed by atoms with Crippen molar-refractivity contribution in [1.82, 2.24) is 5.32 Å². The van der Waals surface area contributed by atoms with Crippen molar-refractivity contribution < 1.29 is 13.2 Å². The van der Waals surface area contributed by atoms with E-state index < -0.39 is 21.3 Å². The van der Waals surface area contributed by atoms with Crippen molar-refractivity contribution in [2.24, 2.45) is 11.8 Å². The highest BCUT2D eigenvalue weighted by Gasteiger charge is 2.40. The number of nitrogens with one attached hydrogen (secondary N) is 1. The Balaban J connectivity index is 1.97. The van der Waals surface area contributed by atoms with Crippen LogP contribution in [-0.2, 0) is 14.6 Å². The Hall–Kier alpha value is -1.09. The summed E-state index contributed by atoms with van der Waals surface area (Å²) >= 11 is 0. The Morgan fingerprint density at radius 2 is 2.00 bits per heavy atom. The number of rotatable bonds is 3. The van der Waals surface area contributed by atoms with Gasteiger partial charge in [-0.05, 0) is 38.0 Å². The van der Waals surface area contributed by atoms with Gasteiger partial charge in [-0.3, -0.25) is 4.79 Å². The molecule has 1 atom stereocenters. The summed E-state index contributed by atoms with van der Waals surface area (Å²) < 4.78 is 22.8. The maximum atomic E-state index is 12.2.